The van der Waals surface area contributed by atoms with Crippen molar-refractivity contribution in [1.82, 2.24) is 16.0 Å². The number of carbonyl (C=O) groups is 4. The smallest absolute Gasteiger partial charge is 0.326 e. The first-order chi connectivity index (χ1) is 17.6. The number of hydrogen-bond donors (Lipinski definition) is 6. The molecule has 1 aromatic carbocycles. The van der Waals surface area contributed by atoms with Crippen LogP contribution in [-0.2, 0) is 25.6 Å². The van der Waals surface area contributed by atoms with Crippen molar-refractivity contribution in [1.29, 1.82) is 0 Å². The predicted octanol–water partition coefficient (Wildman–Crippen LogP) is 1.02. The lowest BCUT2D eigenvalue weighted by Crippen LogP contribution is -2.57. The van der Waals surface area contributed by atoms with E-state index >= 15 is 0 Å². The summed E-state index contributed by atoms with van der Waals surface area (Å²) in [5.41, 5.74) is 12.3. The number of carboxylic acid groups (broad SMARTS) is 1. The van der Waals surface area contributed by atoms with Crippen molar-refractivity contribution in [3.05, 3.63) is 35.9 Å². The Bertz CT molecular complexity index is 855. The zero-order valence-electron chi connectivity index (χ0n) is 22.1. The number of aliphatic carboxylic acids is 1. The van der Waals surface area contributed by atoms with E-state index in [9.17, 15) is 24.3 Å². The lowest BCUT2D eigenvalue weighted by atomic mass is 10.0. The van der Waals surface area contributed by atoms with Crippen LogP contribution in [-0.4, -0.2) is 71.5 Å². The number of unbranched alkanes of at least 4 members (excludes halogenated alkanes) is 1. The van der Waals surface area contributed by atoms with E-state index in [2.05, 4.69) is 16.0 Å². The Kier molecular flexibility index (Phi) is 15.6. The van der Waals surface area contributed by atoms with Gasteiger partial charge >= 0.3 is 5.97 Å². The minimum Gasteiger partial charge on any atom is -0.480 e. The van der Waals surface area contributed by atoms with E-state index in [4.69, 9.17) is 11.5 Å². The second-order valence-electron chi connectivity index (χ2n) is 9.51. The van der Waals surface area contributed by atoms with Crippen molar-refractivity contribution >= 4 is 35.5 Å². The summed E-state index contributed by atoms with van der Waals surface area (Å²) in [6.07, 6.45) is 4.55. The van der Waals surface area contributed by atoms with Crippen LogP contribution in [0.5, 0.6) is 0 Å². The first-order valence-electron chi connectivity index (χ1n) is 12.7. The fraction of sp³-hybridized carbons (Fsp3) is 0.615. The van der Waals surface area contributed by atoms with Crippen LogP contribution in [0.2, 0.25) is 0 Å². The summed E-state index contributed by atoms with van der Waals surface area (Å²) < 4.78 is 0. The molecule has 0 aliphatic carbocycles. The summed E-state index contributed by atoms with van der Waals surface area (Å²) in [6, 6.07) is 5.34. The van der Waals surface area contributed by atoms with Gasteiger partial charge in [-0.3, -0.25) is 14.4 Å². The van der Waals surface area contributed by atoms with E-state index in [-0.39, 0.29) is 18.8 Å². The summed E-state index contributed by atoms with van der Waals surface area (Å²) in [5.74, 6) is -2.05. The highest BCUT2D eigenvalue weighted by Crippen LogP contribution is 2.09. The van der Waals surface area contributed by atoms with E-state index in [0.29, 0.717) is 31.6 Å². The lowest BCUT2D eigenvalue weighted by molar-refractivity contribution is -0.142. The molecule has 3 amide bonds. The van der Waals surface area contributed by atoms with E-state index in [1.807, 2.05) is 50.4 Å². The van der Waals surface area contributed by atoms with E-state index in [1.165, 1.54) is 11.8 Å². The van der Waals surface area contributed by atoms with Crippen molar-refractivity contribution in [2.75, 3.05) is 18.6 Å². The zero-order chi connectivity index (χ0) is 27.8. The molecule has 0 fully saturated rings. The molecule has 1 aromatic rings. The predicted molar refractivity (Wildman–Crippen MR) is 147 cm³/mol. The van der Waals surface area contributed by atoms with Crippen LogP contribution in [0.25, 0.3) is 0 Å². The van der Waals surface area contributed by atoms with Crippen LogP contribution >= 0.6 is 11.8 Å². The molecule has 0 radical (unpaired) electrons. The van der Waals surface area contributed by atoms with E-state index in [0.717, 1.165) is 12.0 Å². The SMILES string of the molecule is CSCCC(NC(=O)C(N)CCCCN)C(=O)NC(Cc1ccccc1)C(=O)NC(CC(C)C)C(=O)O. The van der Waals surface area contributed by atoms with Gasteiger partial charge < -0.3 is 32.5 Å². The van der Waals surface area contributed by atoms with Gasteiger partial charge in [0.05, 0.1) is 6.04 Å². The Hall–Kier alpha value is -2.63. The van der Waals surface area contributed by atoms with Gasteiger partial charge in [0.2, 0.25) is 17.7 Å². The lowest BCUT2D eigenvalue weighted by Gasteiger charge is -2.25. The summed E-state index contributed by atoms with van der Waals surface area (Å²) in [4.78, 5) is 50.8. The van der Waals surface area contributed by atoms with Gasteiger partial charge in [0.25, 0.3) is 0 Å². The molecule has 4 unspecified atom stereocenters. The average molecular weight is 538 g/mol. The van der Waals surface area contributed by atoms with Gasteiger partial charge in [-0.25, -0.2) is 4.79 Å². The summed E-state index contributed by atoms with van der Waals surface area (Å²) in [5, 5.41) is 17.6. The molecule has 0 aliphatic rings. The minimum absolute atomic E-state index is 0.0451. The average Bonchev–Trinajstić information content (AvgIpc) is 2.85. The fourth-order valence-electron chi connectivity index (χ4n) is 3.72. The molecule has 11 heteroatoms. The molecule has 208 valence electrons. The van der Waals surface area contributed by atoms with Gasteiger partial charge in [-0.2, -0.15) is 11.8 Å². The molecule has 8 N–H and O–H groups in total. The Labute approximate surface area is 224 Å². The summed E-state index contributed by atoms with van der Waals surface area (Å²) >= 11 is 1.52. The molecule has 0 aromatic heterocycles. The molecule has 0 spiro atoms. The fourth-order valence-corrected chi connectivity index (χ4v) is 4.19. The Morgan fingerprint density at radius 1 is 0.892 bits per heavy atom. The van der Waals surface area contributed by atoms with Crippen LogP contribution in [0, 0.1) is 5.92 Å². The van der Waals surface area contributed by atoms with Gasteiger partial charge in [-0.15, -0.1) is 0 Å². The van der Waals surface area contributed by atoms with Crippen LogP contribution in [0.1, 0.15) is 51.5 Å². The third-order valence-corrected chi connectivity index (χ3v) is 6.43. The summed E-state index contributed by atoms with van der Waals surface area (Å²) in [6.45, 7) is 4.24. The van der Waals surface area contributed by atoms with Crippen LogP contribution in [0.4, 0.5) is 0 Å². The van der Waals surface area contributed by atoms with Crippen molar-refractivity contribution in [3.63, 3.8) is 0 Å². The molecule has 0 bridgehead atoms. The maximum atomic E-state index is 13.3. The Morgan fingerprint density at radius 3 is 2.05 bits per heavy atom. The number of rotatable bonds is 18. The quantitative estimate of drug-likeness (QED) is 0.150. The number of thioether (sulfide) groups is 1. The number of carbonyl (C=O) groups excluding carboxylic acids is 3. The Morgan fingerprint density at radius 2 is 1.49 bits per heavy atom. The van der Waals surface area contributed by atoms with Crippen LogP contribution in [0.15, 0.2) is 30.3 Å². The van der Waals surface area contributed by atoms with Gasteiger partial charge in [0.15, 0.2) is 0 Å². The number of nitrogens with one attached hydrogen (secondary N) is 3. The third kappa shape index (κ3) is 12.9. The van der Waals surface area contributed by atoms with Crippen LogP contribution < -0.4 is 27.4 Å². The topological polar surface area (TPSA) is 177 Å². The van der Waals surface area contributed by atoms with Crippen molar-refractivity contribution < 1.29 is 24.3 Å². The number of nitrogens with two attached hydrogens (primary N) is 2. The number of carboxylic acids is 1. The molecular weight excluding hydrogens is 494 g/mol. The standard InChI is InChI=1S/C26H43N5O5S/c1-17(2)15-22(26(35)36)31-25(34)21(16-18-9-5-4-6-10-18)30-24(33)20(12-14-37-3)29-23(32)19(28)11-7-8-13-27/h4-6,9-10,17,19-22H,7-8,11-16,27-28H2,1-3H3,(H,29,32)(H,30,33)(H,31,34)(H,35,36). The molecule has 1 rings (SSSR count). The largest absolute Gasteiger partial charge is 0.480 e. The molecular formula is C26H43N5O5S. The molecule has 0 aliphatic heterocycles. The molecule has 4 atom stereocenters. The molecule has 0 heterocycles. The minimum atomic E-state index is -1.14. The molecule has 37 heavy (non-hydrogen) atoms. The molecule has 10 nitrogen and oxygen atoms in total. The number of amides is 3. The number of benzene rings is 1. The normalized spacial score (nSPS) is 14.3. The summed E-state index contributed by atoms with van der Waals surface area (Å²) in [7, 11) is 0. The zero-order valence-corrected chi connectivity index (χ0v) is 22.9. The molecule has 0 saturated heterocycles. The first-order valence-corrected chi connectivity index (χ1v) is 14.1. The van der Waals surface area contributed by atoms with Gasteiger partial charge in [0.1, 0.15) is 18.1 Å². The first kappa shape index (κ1) is 32.4. The second-order valence-corrected chi connectivity index (χ2v) is 10.5. The van der Waals surface area contributed by atoms with Gasteiger partial charge in [0, 0.05) is 6.42 Å². The van der Waals surface area contributed by atoms with E-state index < -0.39 is 47.9 Å². The Balaban J connectivity index is 3.05. The van der Waals surface area contributed by atoms with Crippen molar-refractivity contribution in [2.24, 2.45) is 17.4 Å². The van der Waals surface area contributed by atoms with Crippen LogP contribution in [0.3, 0.4) is 0 Å². The van der Waals surface area contributed by atoms with Crippen molar-refractivity contribution in [2.45, 2.75) is 76.5 Å². The van der Waals surface area contributed by atoms with Gasteiger partial charge in [-0.1, -0.05) is 50.6 Å². The van der Waals surface area contributed by atoms with Crippen molar-refractivity contribution in [3.8, 4) is 0 Å². The maximum absolute atomic E-state index is 13.3. The second kappa shape index (κ2) is 17.8. The number of hydrogen-bond acceptors (Lipinski definition) is 7. The highest BCUT2D eigenvalue weighted by atomic mass is 32.2. The monoisotopic (exact) mass is 537 g/mol. The highest BCUT2D eigenvalue weighted by molar-refractivity contribution is 7.98. The molecule has 0 saturated carbocycles. The van der Waals surface area contributed by atoms with Gasteiger partial charge in [-0.05, 0) is 55.7 Å². The van der Waals surface area contributed by atoms with E-state index in [1.54, 1.807) is 0 Å². The third-order valence-electron chi connectivity index (χ3n) is 5.79. The maximum Gasteiger partial charge on any atom is 0.326 e. The highest BCUT2D eigenvalue weighted by Gasteiger charge is 2.30.